The van der Waals surface area contributed by atoms with Gasteiger partial charge in [0.15, 0.2) is 0 Å². The fraction of sp³-hybridized carbons (Fsp3) is 0.0312. The molecule has 0 bridgehead atoms. The van der Waals surface area contributed by atoms with E-state index in [-0.39, 0.29) is 0 Å². The third-order valence-electron chi connectivity index (χ3n) is 13.4. The molecule has 1 heterocycles. The highest BCUT2D eigenvalue weighted by Gasteiger charge is 2.19. The zero-order chi connectivity index (χ0) is 43.3. The lowest BCUT2D eigenvalue weighted by Crippen LogP contribution is -1.93. The van der Waals surface area contributed by atoms with E-state index in [1.807, 2.05) is 0 Å². The normalized spacial score (nSPS) is 11.5. The summed E-state index contributed by atoms with van der Waals surface area (Å²) >= 11 is 0. The fourth-order valence-electron chi connectivity index (χ4n) is 10.2. The fourth-order valence-corrected chi connectivity index (χ4v) is 10.2. The molecule has 1 aromatic heterocycles. The monoisotopic (exact) mass is 827 g/mol. The van der Waals surface area contributed by atoms with Crippen molar-refractivity contribution in [1.82, 2.24) is 4.57 Å². The molecule has 0 amide bonds. The number of fused-ring (bicyclic) bond motifs is 5. The third kappa shape index (κ3) is 6.81. The molecule has 0 atom stereocenters. The Hall–Kier alpha value is -8.26. The van der Waals surface area contributed by atoms with Crippen molar-refractivity contribution in [2.24, 2.45) is 0 Å². The van der Waals surface area contributed by atoms with E-state index >= 15 is 0 Å². The third-order valence-corrected chi connectivity index (χ3v) is 13.4. The molecule has 65 heavy (non-hydrogen) atoms. The highest BCUT2D eigenvalue weighted by molar-refractivity contribution is 6.22. The van der Waals surface area contributed by atoms with Crippen molar-refractivity contribution < 1.29 is 0 Å². The van der Waals surface area contributed by atoms with E-state index in [4.69, 9.17) is 0 Å². The van der Waals surface area contributed by atoms with E-state index < -0.39 is 0 Å². The van der Waals surface area contributed by atoms with Crippen LogP contribution in [0.3, 0.4) is 0 Å². The summed E-state index contributed by atoms with van der Waals surface area (Å²) < 4.78 is 2.43. The van der Waals surface area contributed by atoms with E-state index in [0.717, 1.165) is 6.54 Å². The quantitative estimate of drug-likeness (QED) is 0.135. The first-order valence-electron chi connectivity index (χ1n) is 22.7. The minimum absolute atomic E-state index is 0.923. The summed E-state index contributed by atoms with van der Waals surface area (Å²) in [5, 5.41) is 7.58. The summed E-state index contributed by atoms with van der Waals surface area (Å²) in [6.45, 7) is 3.16. The number of nitrogens with zero attached hydrogens (tertiary/aromatic N) is 1. The Morgan fingerprint density at radius 3 is 0.862 bits per heavy atom. The molecule has 0 radical (unpaired) electrons. The van der Waals surface area contributed by atoms with Crippen molar-refractivity contribution in [3.05, 3.63) is 243 Å². The van der Waals surface area contributed by atoms with Crippen molar-refractivity contribution in [3.63, 3.8) is 0 Å². The predicted molar refractivity (Wildman–Crippen MR) is 278 cm³/mol. The SMILES string of the molecule is CCn1c2ccc(-c3ccccc3)cc2c2cc(-c3ccc(-c4ccc(-c5c6ccc(-c7ccccc7)cc6c(-c6ccccc6)c6ccc(-c7ccccc7)cc56)cc4)cc3)ccc21. The van der Waals surface area contributed by atoms with E-state index in [2.05, 4.69) is 254 Å². The molecule has 1 nitrogen and oxygen atoms in total. The molecule has 0 spiro atoms. The van der Waals surface area contributed by atoms with Crippen LogP contribution < -0.4 is 0 Å². The van der Waals surface area contributed by atoms with Crippen LogP contribution in [0.25, 0.3) is 121 Å². The van der Waals surface area contributed by atoms with Crippen LogP contribution in [0.4, 0.5) is 0 Å². The summed E-state index contributed by atoms with van der Waals surface area (Å²) in [4.78, 5) is 0. The first kappa shape index (κ1) is 38.4. The molecule has 0 fully saturated rings. The number of hydrogen-bond donors (Lipinski definition) is 0. The molecule has 1 heteroatoms. The Morgan fingerprint density at radius 1 is 0.231 bits per heavy atom. The second-order valence-corrected chi connectivity index (χ2v) is 17.1. The first-order valence-corrected chi connectivity index (χ1v) is 22.7. The van der Waals surface area contributed by atoms with Crippen molar-refractivity contribution >= 4 is 43.4 Å². The van der Waals surface area contributed by atoms with Crippen molar-refractivity contribution in [1.29, 1.82) is 0 Å². The van der Waals surface area contributed by atoms with Gasteiger partial charge in [-0.25, -0.2) is 0 Å². The summed E-state index contributed by atoms with van der Waals surface area (Å²) in [5.74, 6) is 0. The zero-order valence-corrected chi connectivity index (χ0v) is 36.2. The smallest absolute Gasteiger partial charge is 0.0491 e. The Kier molecular flexibility index (Phi) is 9.54. The number of aryl methyl sites for hydroxylation is 1. The second kappa shape index (κ2) is 16.1. The van der Waals surface area contributed by atoms with E-state index in [1.54, 1.807) is 0 Å². The van der Waals surface area contributed by atoms with E-state index in [9.17, 15) is 0 Å². The Labute approximate surface area is 380 Å². The number of aromatic nitrogens is 1. The van der Waals surface area contributed by atoms with Gasteiger partial charge in [0.05, 0.1) is 0 Å². The van der Waals surface area contributed by atoms with Gasteiger partial charge in [-0.2, -0.15) is 0 Å². The predicted octanol–water partition coefficient (Wildman–Crippen LogP) is 17.8. The van der Waals surface area contributed by atoms with Crippen molar-refractivity contribution in [2.75, 3.05) is 0 Å². The lowest BCUT2D eigenvalue weighted by atomic mass is 9.83. The number of hydrogen-bond acceptors (Lipinski definition) is 0. The van der Waals surface area contributed by atoms with Crippen LogP contribution in [0.5, 0.6) is 0 Å². The Morgan fingerprint density at radius 2 is 0.492 bits per heavy atom. The molecular weight excluding hydrogens is 783 g/mol. The summed E-state index contributed by atoms with van der Waals surface area (Å²) in [5.41, 5.74) is 19.7. The molecule has 0 aliphatic carbocycles. The summed E-state index contributed by atoms with van der Waals surface area (Å²) in [7, 11) is 0. The van der Waals surface area contributed by atoms with Gasteiger partial charge in [0, 0.05) is 28.4 Å². The molecule has 306 valence electrons. The van der Waals surface area contributed by atoms with Gasteiger partial charge in [-0.05, 0) is 143 Å². The van der Waals surface area contributed by atoms with Gasteiger partial charge in [-0.15, -0.1) is 0 Å². The van der Waals surface area contributed by atoms with Gasteiger partial charge < -0.3 is 4.57 Å². The molecular formula is C64H45N. The Bertz CT molecular complexity index is 3680. The maximum Gasteiger partial charge on any atom is 0.0491 e. The molecule has 11 aromatic carbocycles. The molecule has 12 rings (SSSR count). The van der Waals surface area contributed by atoms with Gasteiger partial charge in [0.25, 0.3) is 0 Å². The molecule has 0 unspecified atom stereocenters. The van der Waals surface area contributed by atoms with Gasteiger partial charge in [-0.3, -0.25) is 0 Å². The van der Waals surface area contributed by atoms with Gasteiger partial charge in [0.1, 0.15) is 0 Å². The van der Waals surface area contributed by atoms with Gasteiger partial charge >= 0.3 is 0 Å². The highest BCUT2D eigenvalue weighted by Crippen LogP contribution is 2.46. The molecule has 0 aliphatic rings. The maximum atomic E-state index is 2.43. The topological polar surface area (TPSA) is 4.93 Å². The highest BCUT2D eigenvalue weighted by atomic mass is 15.0. The van der Waals surface area contributed by atoms with Crippen LogP contribution in [-0.4, -0.2) is 4.57 Å². The Balaban J connectivity index is 0.956. The van der Waals surface area contributed by atoms with Crippen LogP contribution >= 0.6 is 0 Å². The maximum absolute atomic E-state index is 2.43. The number of rotatable bonds is 8. The van der Waals surface area contributed by atoms with Gasteiger partial charge in [-0.1, -0.05) is 206 Å². The van der Waals surface area contributed by atoms with Crippen LogP contribution in [-0.2, 0) is 6.54 Å². The van der Waals surface area contributed by atoms with E-state index in [1.165, 1.54) is 121 Å². The minimum Gasteiger partial charge on any atom is -0.341 e. The lowest BCUT2D eigenvalue weighted by Gasteiger charge is -2.20. The first-order chi connectivity index (χ1) is 32.2. The molecule has 0 saturated heterocycles. The minimum atomic E-state index is 0.923. The van der Waals surface area contributed by atoms with Crippen molar-refractivity contribution in [3.8, 4) is 77.9 Å². The average molecular weight is 828 g/mol. The van der Waals surface area contributed by atoms with Crippen molar-refractivity contribution in [2.45, 2.75) is 13.5 Å². The summed E-state index contributed by atoms with van der Waals surface area (Å²) in [6, 6.07) is 89.3. The summed E-state index contributed by atoms with van der Waals surface area (Å²) in [6.07, 6.45) is 0. The lowest BCUT2D eigenvalue weighted by molar-refractivity contribution is 0.827. The molecule has 0 N–H and O–H groups in total. The molecule has 0 aliphatic heterocycles. The van der Waals surface area contributed by atoms with Crippen LogP contribution in [0.15, 0.2) is 243 Å². The van der Waals surface area contributed by atoms with Gasteiger partial charge in [0.2, 0.25) is 0 Å². The average Bonchev–Trinajstić information content (AvgIpc) is 3.71. The number of benzene rings is 11. The largest absolute Gasteiger partial charge is 0.341 e. The van der Waals surface area contributed by atoms with Crippen LogP contribution in [0, 0.1) is 0 Å². The van der Waals surface area contributed by atoms with E-state index in [0.29, 0.717) is 0 Å². The standard InChI is InChI=1S/C64H45N/c1-2-65-61-37-33-53(45-19-11-5-12-20-45)39-57(61)58-40-54(34-38-62(58)65)48-25-23-46(24-26-48)47-27-29-50(30-28-47)64-56-36-32-51(43-15-7-3-8-16-43)41-59(56)63(49-21-13-6-14-22-49)55-35-31-52(42-60(55)64)44-17-9-4-10-18-44/h3-42H,2H2,1H3. The zero-order valence-electron chi connectivity index (χ0n) is 36.2. The molecule has 0 saturated carbocycles. The van der Waals surface area contributed by atoms with Crippen LogP contribution in [0.1, 0.15) is 6.92 Å². The molecule has 12 aromatic rings. The van der Waals surface area contributed by atoms with Crippen LogP contribution in [0.2, 0.25) is 0 Å². The second-order valence-electron chi connectivity index (χ2n) is 17.1.